The molecule has 1 aromatic heterocycles. The minimum absolute atomic E-state index is 0.157. The highest BCUT2D eigenvalue weighted by Gasteiger charge is 2.42. The summed E-state index contributed by atoms with van der Waals surface area (Å²) in [5, 5.41) is 9.80. The van der Waals surface area contributed by atoms with E-state index in [9.17, 15) is 9.50 Å². The Morgan fingerprint density at radius 3 is 2.88 bits per heavy atom. The monoisotopic (exact) mass is 222 g/mol. The van der Waals surface area contributed by atoms with Crippen LogP contribution in [0.2, 0.25) is 0 Å². The van der Waals surface area contributed by atoms with E-state index >= 15 is 0 Å². The maximum atomic E-state index is 12.7. The van der Waals surface area contributed by atoms with Gasteiger partial charge in [0.1, 0.15) is 11.6 Å². The zero-order valence-electron chi connectivity index (χ0n) is 9.01. The molecule has 0 bridgehead atoms. The molecular weight excluding hydrogens is 207 g/mol. The second-order valence-corrected chi connectivity index (χ2v) is 4.81. The van der Waals surface area contributed by atoms with Gasteiger partial charge in [0.25, 0.3) is 0 Å². The van der Waals surface area contributed by atoms with Crippen molar-refractivity contribution in [3.05, 3.63) is 24.1 Å². The maximum Gasteiger partial charge on any atom is 0.141 e. The van der Waals surface area contributed by atoms with Crippen molar-refractivity contribution in [1.82, 2.24) is 4.98 Å². The third-order valence-corrected chi connectivity index (χ3v) is 3.85. The van der Waals surface area contributed by atoms with Crippen LogP contribution in [0.15, 0.2) is 18.3 Å². The summed E-state index contributed by atoms with van der Waals surface area (Å²) >= 11 is 0. The lowest BCUT2D eigenvalue weighted by Gasteiger charge is -2.19. The fraction of sp³-hybridized carbons (Fsp3) is 0.583. The molecule has 1 aromatic rings. The number of hydrogen-bond acceptors (Lipinski definition) is 3. The molecule has 4 heteroatoms. The van der Waals surface area contributed by atoms with Crippen LogP contribution in [0.25, 0.3) is 0 Å². The number of aliphatic hydroxyl groups excluding tert-OH is 1. The van der Waals surface area contributed by atoms with E-state index in [4.69, 9.17) is 0 Å². The topological polar surface area (TPSA) is 36.4 Å². The highest BCUT2D eigenvalue weighted by molar-refractivity contribution is 5.40. The van der Waals surface area contributed by atoms with Crippen LogP contribution in [0.3, 0.4) is 0 Å². The van der Waals surface area contributed by atoms with Crippen molar-refractivity contribution in [1.29, 1.82) is 0 Å². The van der Waals surface area contributed by atoms with E-state index in [0.29, 0.717) is 11.8 Å². The first-order valence-electron chi connectivity index (χ1n) is 5.78. The number of rotatable bonds is 1. The van der Waals surface area contributed by atoms with Gasteiger partial charge in [0.05, 0.1) is 12.3 Å². The lowest BCUT2D eigenvalue weighted by molar-refractivity contribution is 0.133. The Bertz CT molecular complexity index is 381. The fourth-order valence-corrected chi connectivity index (χ4v) is 2.98. The average Bonchev–Trinajstić information content (AvgIpc) is 2.83. The van der Waals surface area contributed by atoms with Crippen LogP contribution >= 0.6 is 0 Å². The van der Waals surface area contributed by atoms with Gasteiger partial charge in [-0.15, -0.1) is 0 Å². The minimum Gasteiger partial charge on any atom is -0.393 e. The fourth-order valence-electron chi connectivity index (χ4n) is 2.98. The molecule has 1 aliphatic carbocycles. The van der Waals surface area contributed by atoms with Crippen LogP contribution in [0.5, 0.6) is 0 Å². The number of halogens is 1. The van der Waals surface area contributed by atoms with Gasteiger partial charge in [-0.25, -0.2) is 9.37 Å². The summed E-state index contributed by atoms with van der Waals surface area (Å²) in [6.07, 6.45) is 3.12. The van der Waals surface area contributed by atoms with Crippen molar-refractivity contribution < 1.29 is 9.50 Å². The molecule has 1 N–H and O–H groups in total. The Balaban J connectivity index is 1.76. The molecule has 2 fully saturated rings. The molecule has 16 heavy (non-hydrogen) atoms. The van der Waals surface area contributed by atoms with Crippen molar-refractivity contribution in [2.24, 2.45) is 11.8 Å². The third-order valence-electron chi connectivity index (χ3n) is 3.85. The number of pyridine rings is 1. The normalized spacial score (nSPS) is 33.1. The molecular formula is C12H15FN2O. The van der Waals surface area contributed by atoms with Crippen LogP contribution in [-0.4, -0.2) is 29.3 Å². The highest BCUT2D eigenvalue weighted by Crippen LogP contribution is 2.39. The molecule has 3 rings (SSSR count). The SMILES string of the molecule is OC1CCC2CN(c3ccc(F)cn3)CC12. The summed E-state index contributed by atoms with van der Waals surface area (Å²) in [4.78, 5) is 6.23. The van der Waals surface area contributed by atoms with Gasteiger partial charge in [0, 0.05) is 19.0 Å². The van der Waals surface area contributed by atoms with Gasteiger partial charge in [-0.1, -0.05) is 0 Å². The molecule has 1 saturated heterocycles. The highest BCUT2D eigenvalue weighted by atomic mass is 19.1. The van der Waals surface area contributed by atoms with Crippen molar-refractivity contribution in [3.8, 4) is 0 Å². The Kier molecular flexibility index (Phi) is 2.32. The van der Waals surface area contributed by atoms with Gasteiger partial charge in [-0.2, -0.15) is 0 Å². The summed E-state index contributed by atoms with van der Waals surface area (Å²) in [5.41, 5.74) is 0. The molecule has 3 atom stereocenters. The van der Waals surface area contributed by atoms with Crippen molar-refractivity contribution in [3.63, 3.8) is 0 Å². The van der Waals surface area contributed by atoms with Crippen molar-refractivity contribution >= 4 is 5.82 Å². The summed E-state index contributed by atoms with van der Waals surface area (Å²) in [5.74, 6) is 1.49. The predicted molar refractivity (Wildman–Crippen MR) is 58.6 cm³/mol. The van der Waals surface area contributed by atoms with Crippen LogP contribution in [0, 0.1) is 17.7 Å². The molecule has 0 spiro atoms. The zero-order chi connectivity index (χ0) is 11.1. The van der Waals surface area contributed by atoms with E-state index in [1.165, 1.54) is 12.3 Å². The first-order valence-corrected chi connectivity index (χ1v) is 5.78. The van der Waals surface area contributed by atoms with Gasteiger partial charge < -0.3 is 10.0 Å². The smallest absolute Gasteiger partial charge is 0.141 e. The Labute approximate surface area is 93.9 Å². The Morgan fingerprint density at radius 2 is 2.19 bits per heavy atom. The van der Waals surface area contributed by atoms with Gasteiger partial charge in [-0.05, 0) is 30.9 Å². The van der Waals surface area contributed by atoms with Crippen molar-refractivity contribution in [2.75, 3.05) is 18.0 Å². The molecule has 1 aliphatic heterocycles. The molecule has 0 amide bonds. The largest absolute Gasteiger partial charge is 0.393 e. The number of hydrogen-bond donors (Lipinski definition) is 1. The molecule has 0 aromatic carbocycles. The van der Waals surface area contributed by atoms with Crippen molar-refractivity contribution in [2.45, 2.75) is 18.9 Å². The Morgan fingerprint density at radius 1 is 1.31 bits per heavy atom. The molecule has 1 saturated carbocycles. The second kappa shape index (κ2) is 3.70. The van der Waals surface area contributed by atoms with Crippen LogP contribution < -0.4 is 4.90 Å². The lowest BCUT2D eigenvalue weighted by Crippen LogP contribution is -2.25. The van der Waals surface area contributed by atoms with Gasteiger partial charge in [0.2, 0.25) is 0 Å². The minimum atomic E-state index is -0.303. The first kappa shape index (κ1) is 10.0. The van der Waals surface area contributed by atoms with E-state index in [-0.39, 0.29) is 11.9 Å². The maximum absolute atomic E-state index is 12.7. The quantitative estimate of drug-likeness (QED) is 0.781. The summed E-state index contributed by atoms with van der Waals surface area (Å²) in [6, 6.07) is 3.15. The number of anilines is 1. The van der Waals surface area contributed by atoms with E-state index in [1.54, 1.807) is 6.07 Å². The van der Waals surface area contributed by atoms with E-state index in [1.807, 2.05) is 0 Å². The molecule has 3 unspecified atom stereocenters. The first-order chi connectivity index (χ1) is 7.74. The number of aliphatic hydroxyl groups is 1. The lowest BCUT2D eigenvalue weighted by atomic mass is 10.00. The standard InChI is InChI=1S/C12H15FN2O/c13-9-2-4-12(14-5-9)15-6-8-1-3-11(16)10(8)7-15/h2,4-5,8,10-11,16H,1,3,6-7H2. The molecule has 2 aliphatic rings. The molecule has 3 nitrogen and oxygen atoms in total. The molecule has 86 valence electrons. The predicted octanol–water partition coefficient (Wildman–Crippen LogP) is 1.43. The van der Waals surface area contributed by atoms with E-state index in [0.717, 1.165) is 31.7 Å². The van der Waals surface area contributed by atoms with Crippen LogP contribution in [0.1, 0.15) is 12.8 Å². The molecule has 0 radical (unpaired) electrons. The van der Waals surface area contributed by atoms with E-state index in [2.05, 4.69) is 9.88 Å². The Hall–Kier alpha value is -1.16. The van der Waals surface area contributed by atoms with Crippen LogP contribution in [0.4, 0.5) is 10.2 Å². The molecule has 2 heterocycles. The van der Waals surface area contributed by atoms with E-state index < -0.39 is 0 Å². The summed E-state index contributed by atoms with van der Waals surface area (Å²) < 4.78 is 12.7. The van der Waals surface area contributed by atoms with Gasteiger partial charge >= 0.3 is 0 Å². The second-order valence-electron chi connectivity index (χ2n) is 4.81. The van der Waals surface area contributed by atoms with Crippen LogP contribution in [-0.2, 0) is 0 Å². The third kappa shape index (κ3) is 1.57. The van der Waals surface area contributed by atoms with Gasteiger partial charge in [0.15, 0.2) is 0 Å². The average molecular weight is 222 g/mol. The number of nitrogens with zero attached hydrogens (tertiary/aromatic N) is 2. The zero-order valence-corrected chi connectivity index (χ0v) is 9.01. The number of aromatic nitrogens is 1. The summed E-state index contributed by atoms with van der Waals surface area (Å²) in [7, 11) is 0. The van der Waals surface area contributed by atoms with Gasteiger partial charge in [-0.3, -0.25) is 0 Å². The summed E-state index contributed by atoms with van der Waals surface area (Å²) in [6.45, 7) is 1.80. The number of fused-ring (bicyclic) bond motifs is 1.